The Morgan fingerprint density at radius 1 is 1.43 bits per heavy atom. The molecule has 0 spiro atoms. The van der Waals surface area contributed by atoms with Crippen LogP contribution < -0.4 is 0 Å². The molecule has 0 heterocycles. The molecule has 0 atom stereocenters. The molecule has 1 nitrogen and oxygen atoms in total. The van der Waals surface area contributed by atoms with Crippen LogP contribution in [0, 0.1) is 0 Å². The van der Waals surface area contributed by atoms with E-state index in [0.717, 1.165) is 6.08 Å². The van der Waals surface area contributed by atoms with Crippen LogP contribution in [0.4, 0.5) is 13.2 Å². The topological polar surface area (TPSA) is 17.1 Å². The largest absolute Gasteiger partial charge is 0.416 e. The molecule has 0 bridgehead atoms. The van der Waals surface area contributed by atoms with Gasteiger partial charge in [0.15, 0.2) is 0 Å². The van der Waals surface area contributed by atoms with E-state index in [9.17, 15) is 18.0 Å². The smallest absolute Gasteiger partial charge is 0.303 e. The van der Waals surface area contributed by atoms with Crippen LogP contribution in [0.1, 0.15) is 13.3 Å². The minimum Gasteiger partial charge on any atom is -0.303 e. The van der Waals surface area contributed by atoms with Gasteiger partial charge >= 0.3 is 6.18 Å². The molecule has 0 saturated heterocycles. The summed E-state index contributed by atoms with van der Waals surface area (Å²) in [6, 6.07) is 0. The van der Waals surface area contributed by atoms with E-state index >= 15 is 0 Å². The number of hydrogen-bond donors (Lipinski definition) is 0. The first-order valence-corrected chi connectivity index (χ1v) is 3.86. The summed E-state index contributed by atoms with van der Waals surface area (Å²) >= 11 is 0. The summed E-state index contributed by atoms with van der Waals surface area (Å²) in [5.74, 6) is 0. The zero-order chi connectivity index (χ0) is 11.4. The molecule has 0 fully saturated rings. The third kappa shape index (κ3) is 3.20. The zero-order valence-electron chi connectivity index (χ0n) is 7.82. The summed E-state index contributed by atoms with van der Waals surface area (Å²) in [6.45, 7) is 7.76. The van der Waals surface area contributed by atoms with Gasteiger partial charge in [-0.2, -0.15) is 13.2 Å². The van der Waals surface area contributed by atoms with Crippen molar-refractivity contribution in [1.82, 2.24) is 0 Å². The van der Waals surface area contributed by atoms with Crippen LogP contribution in [0.15, 0.2) is 36.0 Å². The Labute approximate surface area is 80.6 Å². The molecule has 14 heavy (non-hydrogen) atoms. The quantitative estimate of drug-likeness (QED) is 0.507. The summed E-state index contributed by atoms with van der Waals surface area (Å²) in [5, 5.41) is 0. The summed E-state index contributed by atoms with van der Waals surface area (Å²) in [6.07, 6.45) is -3.32. The van der Waals surface area contributed by atoms with Gasteiger partial charge in [0.2, 0.25) is 0 Å². The van der Waals surface area contributed by atoms with Crippen molar-refractivity contribution in [2.24, 2.45) is 0 Å². The fourth-order valence-electron chi connectivity index (χ4n) is 1.01. The Hall–Kier alpha value is -1.32. The average Bonchev–Trinajstić information content (AvgIpc) is 2.02. The zero-order valence-corrected chi connectivity index (χ0v) is 7.82. The minimum atomic E-state index is -4.49. The molecular weight excluding hydrogens is 193 g/mol. The van der Waals surface area contributed by atoms with Crippen LogP contribution in [-0.2, 0) is 4.79 Å². The lowest BCUT2D eigenvalue weighted by Crippen LogP contribution is -2.15. The molecule has 0 N–H and O–H groups in total. The van der Waals surface area contributed by atoms with E-state index in [-0.39, 0.29) is 17.6 Å². The second-order valence-electron chi connectivity index (χ2n) is 2.73. The Morgan fingerprint density at radius 3 is 2.21 bits per heavy atom. The van der Waals surface area contributed by atoms with Crippen molar-refractivity contribution in [3.63, 3.8) is 0 Å². The first-order valence-electron chi connectivity index (χ1n) is 3.86. The van der Waals surface area contributed by atoms with Gasteiger partial charge in [-0.25, -0.2) is 0 Å². The lowest BCUT2D eigenvalue weighted by Gasteiger charge is -2.14. The van der Waals surface area contributed by atoms with E-state index in [1.54, 1.807) is 0 Å². The van der Waals surface area contributed by atoms with Crippen molar-refractivity contribution in [2.75, 3.05) is 0 Å². The molecule has 4 heteroatoms. The van der Waals surface area contributed by atoms with Crippen LogP contribution >= 0.6 is 0 Å². The highest BCUT2D eigenvalue weighted by Gasteiger charge is 2.36. The lowest BCUT2D eigenvalue weighted by atomic mass is 9.99. The third-order valence-corrected chi connectivity index (χ3v) is 1.67. The highest BCUT2D eigenvalue weighted by Crippen LogP contribution is 2.34. The van der Waals surface area contributed by atoms with Gasteiger partial charge in [-0.15, -0.1) is 0 Å². The number of rotatable bonds is 4. The number of carbonyl (C=O) groups is 1. The number of hydrogen-bond acceptors (Lipinski definition) is 1. The van der Waals surface area contributed by atoms with Crippen LogP contribution in [0.3, 0.4) is 0 Å². The standard InChI is InChI=1S/C10H11F3O/c1-4-7(2)9(10(11,12)13)8(3)5-6-14/h4,6H,1,3,5H2,2H3/b9-7+. The van der Waals surface area contributed by atoms with Crippen molar-refractivity contribution in [1.29, 1.82) is 0 Å². The summed E-state index contributed by atoms with van der Waals surface area (Å²) in [4.78, 5) is 10.1. The molecule has 0 aromatic rings. The van der Waals surface area contributed by atoms with E-state index in [1.807, 2.05) is 0 Å². The molecule has 0 radical (unpaired) electrons. The molecule has 0 saturated carbocycles. The van der Waals surface area contributed by atoms with Crippen LogP contribution in [0.5, 0.6) is 0 Å². The number of allylic oxidation sites excluding steroid dienone is 4. The third-order valence-electron chi connectivity index (χ3n) is 1.67. The Bertz CT molecular complexity index is 284. The van der Waals surface area contributed by atoms with Gasteiger partial charge in [-0.3, -0.25) is 0 Å². The van der Waals surface area contributed by atoms with Gasteiger partial charge in [0.05, 0.1) is 5.57 Å². The van der Waals surface area contributed by atoms with Crippen molar-refractivity contribution < 1.29 is 18.0 Å². The van der Waals surface area contributed by atoms with Gasteiger partial charge in [-0.1, -0.05) is 19.2 Å². The second kappa shape index (κ2) is 4.79. The monoisotopic (exact) mass is 204 g/mol. The fraction of sp³-hybridized carbons (Fsp3) is 0.300. The molecule has 0 aliphatic rings. The maximum Gasteiger partial charge on any atom is 0.416 e. The number of carbonyl (C=O) groups excluding carboxylic acids is 1. The van der Waals surface area contributed by atoms with E-state index in [4.69, 9.17) is 0 Å². The van der Waals surface area contributed by atoms with Crippen LogP contribution in [0.25, 0.3) is 0 Å². The maximum absolute atomic E-state index is 12.4. The summed E-state index contributed by atoms with van der Waals surface area (Å²) in [7, 11) is 0. The predicted molar refractivity (Wildman–Crippen MR) is 48.8 cm³/mol. The van der Waals surface area contributed by atoms with Crippen LogP contribution in [-0.4, -0.2) is 12.5 Å². The molecule has 0 aromatic heterocycles. The van der Waals surface area contributed by atoms with Crippen molar-refractivity contribution in [3.05, 3.63) is 36.0 Å². The summed E-state index contributed by atoms with van der Waals surface area (Å²) < 4.78 is 37.3. The van der Waals surface area contributed by atoms with Gasteiger partial charge < -0.3 is 4.79 Å². The number of aldehydes is 1. The predicted octanol–water partition coefficient (Wildman–Crippen LogP) is 3.20. The molecular formula is C10H11F3O. The van der Waals surface area contributed by atoms with Crippen molar-refractivity contribution in [2.45, 2.75) is 19.5 Å². The normalized spacial score (nSPS) is 13.1. The highest BCUT2D eigenvalue weighted by atomic mass is 19.4. The fourth-order valence-corrected chi connectivity index (χ4v) is 1.01. The van der Waals surface area contributed by atoms with E-state index in [2.05, 4.69) is 13.2 Å². The second-order valence-corrected chi connectivity index (χ2v) is 2.73. The molecule has 0 rings (SSSR count). The van der Waals surface area contributed by atoms with Gasteiger partial charge in [-0.05, 0) is 18.1 Å². The molecule has 0 aliphatic heterocycles. The molecule has 0 amide bonds. The molecule has 78 valence electrons. The number of alkyl halides is 3. The van der Waals surface area contributed by atoms with Crippen LogP contribution in [0.2, 0.25) is 0 Å². The van der Waals surface area contributed by atoms with Crippen molar-refractivity contribution >= 4 is 6.29 Å². The van der Waals surface area contributed by atoms with Gasteiger partial charge in [0.1, 0.15) is 6.29 Å². The van der Waals surface area contributed by atoms with Gasteiger partial charge in [0.25, 0.3) is 0 Å². The first kappa shape index (κ1) is 12.7. The Kier molecular flexibility index (Phi) is 4.34. The minimum absolute atomic E-state index is 0.0237. The van der Waals surface area contributed by atoms with E-state index in [1.165, 1.54) is 6.92 Å². The van der Waals surface area contributed by atoms with E-state index < -0.39 is 11.7 Å². The Balaban J connectivity index is 5.23. The van der Waals surface area contributed by atoms with E-state index in [0.29, 0.717) is 6.29 Å². The Morgan fingerprint density at radius 2 is 1.93 bits per heavy atom. The SMILES string of the molecule is C=C/C(C)=C(\C(=C)CC=O)C(F)(F)F. The van der Waals surface area contributed by atoms with Crippen molar-refractivity contribution in [3.8, 4) is 0 Å². The lowest BCUT2D eigenvalue weighted by molar-refractivity contribution is -0.107. The van der Waals surface area contributed by atoms with Gasteiger partial charge in [0, 0.05) is 6.42 Å². The first-order chi connectivity index (χ1) is 6.34. The molecule has 0 unspecified atom stereocenters. The molecule has 0 aromatic carbocycles. The molecule has 0 aliphatic carbocycles. The highest BCUT2D eigenvalue weighted by molar-refractivity contribution is 5.59. The number of halogens is 3. The summed E-state index contributed by atoms with van der Waals surface area (Å²) in [5.41, 5.74) is -1.12. The average molecular weight is 204 g/mol. The maximum atomic E-state index is 12.4.